The molecule has 2 N–H and O–H groups in total. The Bertz CT molecular complexity index is 908. The zero-order chi connectivity index (χ0) is 17.9. The number of rotatable bonds is 3. The van der Waals surface area contributed by atoms with Crippen molar-refractivity contribution in [1.29, 1.82) is 0 Å². The van der Waals surface area contributed by atoms with E-state index in [1.165, 1.54) is 0 Å². The molecule has 0 saturated carbocycles. The van der Waals surface area contributed by atoms with Crippen LogP contribution in [0.1, 0.15) is 12.8 Å². The van der Waals surface area contributed by atoms with E-state index in [4.69, 9.17) is 0 Å². The van der Waals surface area contributed by atoms with Gasteiger partial charge in [-0.25, -0.2) is 14.8 Å². The highest BCUT2D eigenvalue weighted by atomic mass is 16.2. The number of nitrogens with zero attached hydrogens (tertiary/aromatic N) is 5. The molecule has 4 rings (SSSR count). The maximum atomic E-state index is 12.4. The van der Waals surface area contributed by atoms with Gasteiger partial charge in [0.15, 0.2) is 0 Å². The number of aryl methyl sites for hydroxylation is 1. The van der Waals surface area contributed by atoms with Crippen molar-refractivity contribution < 1.29 is 4.79 Å². The van der Waals surface area contributed by atoms with Crippen LogP contribution >= 0.6 is 0 Å². The number of amides is 2. The van der Waals surface area contributed by atoms with Gasteiger partial charge in [-0.3, -0.25) is 4.68 Å². The van der Waals surface area contributed by atoms with Gasteiger partial charge in [-0.15, -0.1) is 0 Å². The largest absolute Gasteiger partial charge is 0.339 e. The van der Waals surface area contributed by atoms with Gasteiger partial charge >= 0.3 is 6.03 Å². The summed E-state index contributed by atoms with van der Waals surface area (Å²) in [6.45, 7) is 1.61. The SMILES string of the molecule is Cn1ncc2cc(NC(=O)N[C@H]3CCCN(c4ncccn4)C3)ccc21. The Balaban J connectivity index is 1.37. The van der Waals surface area contributed by atoms with Crippen LogP contribution in [-0.4, -0.2) is 44.9 Å². The number of hydrogen-bond donors (Lipinski definition) is 2. The molecule has 1 aromatic carbocycles. The van der Waals surface area contributed by atoms with Gasteiger partial charge in [-0.05, 0) is 37.1 Å². The van der Waals surface area contributed by atoms with Crippen LogP contribution in [-0.2, 0) is 7.05 Å². The first-order valence-corrected chi connectivity index (χ1v) is 8.70. The number of hydrogen-bond acceptors (Lipinski definition) is 5. The molecule has 2 amide bonds. The Kier molecular flexibility index (Phi) is 4.39. The molecule has 1 aliphatic heterocycles. The van der Waals surface area contributed by atoms with Gasteiger partial charge in [0.1, 0.15) is 0 Å². The van der Waals surface area contributed by atoms with Gasteiger partial charge < -0.3 is 15.5 Å². The van der Waals surface area contributed by atoms with Gasteiger partial charge in [-0.2, -0.15) is 5.10 Å². The second-order valence-electron chi connectivity index (χ2n) is 6.47. The zero-order valence-electron chi connectivity index (χ0n) is 14.6. The average molecular weight is 351 g/mol. The number of carbonyl (C=O) groups is 1. The third-order valence-electron chi connectivity index (χ3n) is 4.60. The highest BCUT2D eigenvalue weighted by Crippen LogP contribution is 2.19. The molecular weight excluding hydrogens is 330 g/mol. The lowest BCUT2D eigenvalue weighted by Crippen LogP contribution is -2.49. The predicted molar refractivity (Wildman–Crippen MR) is 100 cm³/mol. The third kappa shape index (κ3) is 3.44. The molecule has 134 valence electrons. The van der Waals surface area contributed by atoms with E-state index in [0.29, 0.717) is 12.5 Å². The summed E-state index contributed by atoms with van der Waals surface area (Å²) in [6.07, 6.45) is 7.20. The van der Waals surface area contributed by atoms with Crippen LogP contribution in [0.15, 0.2) is 42.9 Å². The highest BCUT2D eigenvalue weighted by Gasteiger charge is 2.23. The molecule has 0 unspecified atom stereocenters. The lowest BCUT2D eigenvalue weighted by Gasteiger charge is -2.33. The number of carbonyl (C=O) groups excluding carboxylic acids is 1. The zero-order valence-corrected chi connectivity index (χ0v) is 14.6. The minimum absolute atomic E-state index is 0.0645. The average Bonchev–Trinajstić information content (AvgIpc) is 3.03. The maximum Gasteiger partial charge on any atom is 0.319 e. The van der Waals surface area contributed by atoms with Crippen molar-refractivity contribution in [2.24, 2.45) is 7.05 Å². The second-order valence-corrected chi connectivity index (χ2v) is 6.47. The Morgan fingerprint density at radius 3 is 2.96 bits per heavy atom. The number of fused-ring (bicyclic) bond motifs is 1. The van der Waals surface area contributed by atoms with Crippen molar-refractivity contribution >= 4 is 28.6 Å². The molecule has 1 atom stereocenters. The summed E-state index contributed by atoms with van der Waals surface area (Å²) >= 11 is 0. The molecule has 1 fully saturated rings. The molecule has 26 heavy (non-hydrogen) atoms. The molecule has 1 saturated heterocycles. The van der Waals surface area contributed by atoms with Crippen molar-refractivity contribution in [2.45, 2.75) is 18.9 Å². The van der Waals surface area contributed by atoms with Crippen LogP contribution in [0.2, 0.25) is 0 Å². The van der Waals surface area contributed by atoms with Gasteiger partial charge in [0.05, 0.1) is 11.7 Å². The first kappa shape index (κ1) is 16.3. The molecule has 0 radical (unpaired) electrons. The monoisotopic (exact) mass is 351 g/mol. The number of benzene rings is 1. The molecule has 0 spiro atoms. The first-order valence-electron chi connectivity index (χ1n) is 8.70. The number of nitrogens with one attached hydrogen (secondary N) is 2. The Morgan fingerprint density at radius 1 is 1.27 bits per heavy atom. The predicted octanol–water partition coefficient (Wildman–Crippen LogP) is 2.15. The molecule has 8 nitrogen and oxygen atoms in total. The van der Waals surface area contributed by atoms with Crippen LogP contribution < -0.4 is 15.5 Å². The lowest BCUT2D eigenvalue weighted by molar-refractivity contribution is 0.246. The van der Waals surface area contributed by atoms with Crippen molar-refractivity contribution in [1.82, 2.24) is 25.1 Å². The summed E-state index contributed by atoms with van der Waals surface area (Å²) in [6, 6.07) is 7.42. The van der Waals surface area contributed by atoms with E-state index < -0.39 is 0 Å². The molecule has 2 aromatic heterocycles. The first-order chi connectivity index (χ1) is 12.7. The maximum absolute atomic E-state index is 12.4. The van der Waals surface area contributed by atoms with Crippen LogP contribution in [0.25, 0.3) is 10.9 Å². The molecule has 3 aromatic rings. The van der Waals surface area contributed by atoms with Crippen LogP contribution in [0, 0.1) is 0 Å². The number of urea groups is 1. The summed E-state index contributed by atoms with van der Waals surface area (Å²) in [5, 5.41) is 11.2. The topological polar surface area (TPSA) is 88.0 Å². The summed E-state index contributed by atoms with van der Waals surface area (Å²) in [7, 11) is 1.90. The molecule has 1 aliphatic rings. The van der Waals surface area contributed by atoms with Crippen molar-refractivity contribution in [3.8, 4) is 0 Å². The van der Waals surface area contributed by atoms with E-state index >= 15 is 0 Å². The third-order valence-corrected chi connectivity index (χ3v) is 4.60. The summed E-state index contributed by atoms with van der Waals surface area (Å²) in [5.41, 5.74) is 1.78. The second kappa shape index (κ2) is 6.99. The Labute approximate surface area is 151 Å². The summed E-state index contributed by atoms with van der Waals surface area (Å²) in [4.78, 5) is 23.1. The van der Waals surface area contributed by atoms with E-state index in [0.717, 1.165) is 36.0 Å². The molecular formula is C18H21N7O. The van der Waals surface area contributed by atoms with Gasteiger partial charge in [0, 0.05) is 49.6 Å². The quantitative estimate of drug-likeness (QED) is 0.755. The fourth-order valence-corrected chi connectivity index (χ4v) is 3.33. The van der Waals surface area contributed by atoms with Crippen LogP contribution in [0.3, 0.4) is 0 Å². The van der Waals surface area contributed by atoms with Gasteiger partial charge in [-0.1, -0.05) is 0 Å². The standard InChI is InChI=1S/C18H21N7O/c1-24-16-6-5-14(10-13(16)11-21-24)22-18(26)23-15-4-2-9-25(12-15)17-19-7-3-8-20-17/h3,5-8,10-11,15H,2,4,9,12H2,1H3,(H2,22,23,26)/t15-/m0/s1. The van der Waals surface area contributed by atoms with Crippen LogP contribution in [0.5, 0.6) is 0 Å². The van der Waals surface area contributed by atoms with E-state index in [1.807, 2.05) is 25.2 Å². The molecule has 0 bridgehead atoms. The van der Waals surface area contributed by atoms with Crippen molar-refractivity contribution in [2.75, 3.05) is 23.3 Å². The van der Waals surface area contributed by atoms with E-state index in [9.17, 15) is 4.79 Å². The van der Waals surface area contributed by atoms with Gasteiger partial charge in [0.2, 0.25) is 5.95 Å². The fourth-order valence-electron chi connectivity index (χ4n) is 3.33. The lowest BCUT2D eigenvalue weighted by atomic mass is 10.1. The fraction of sp³-hybridized carbons (Fsp3) is 0.333. The number of anilines is 2. The number of piperidine rings is 1. The van der Waals surface area contributed by atoms with Crippen molar-refractivity contribution in [3.05, 3.63) is 42.9 Å². The minimum atomic E-state index is -0.200. The smallest absolute Gasteiger partial charge is 0.319 e. The van der Waals surface area contributed by atoms with E-state index in [-0.39, 0.29) is 12.1 Å². The van der Waals surface area contributed by atoms with Gasteiger partial charge in [0.25, 0.3) is 0 Å². The van der Waals surface area contributed by atoms with Crippen molar-refractivity contribution in [3.63, 3.8) is 0 Å². The molecule has 8 heteroatoms. The molecule has 3 heterocycles. The highest BCUT2D eigenvalue weighted by molar-refractivity contribution is 5.92. The molecule has 0 aliphatic carbocycles. The Morgan fingerprint density at radius 2 is 2.12 bits per heavy atom. The normalized spacial score (nSPS) is 17.3. The Hall–Kier alpha value is -3.16. The van der Waals surface area contributed by atoms with Crippen LogP contribution in [0.4, 0.5) is 16.4 Å². The van der Waals surface area contributed by atoms with E-state index in [2.05, 4.69) is 30.6 Å². The summed E-state index contributed by atoms with van der Waals surface area (Å²) < 4.78 is 1.81. The minimum Gasteiger partial charge on any atom is -0.339 e. The van der Waals surface area contributed by atoms with E-state index in [1.54, 1.807) is 29.3 Å². The number of aromatic nitrogens is 4. The summed E-state index contributed by atoms with van der Waals surface area (Å²) in [5.74, 6) is 0.710.